The number of carbonyl (C=O) groups is 1. The van der Waals surface area contributed by atoms with Crippen molar-refractivity contribution in [3.8, 4) is 0 Å². The number of halogens is 2. The summed E-state index contributed by atoms with van der Waals surface area (Å²) in [5.41, 5.74) is 0.837. The van der Waals surface area contributed by atoms with Gasteiger partial charge in [0.2, 0.25) is 0 Å². The summed E-state index contributed by atoms with van der Waals surface area (Å²) in [7, 11) is 0. The number of amides is 1. The number of piperidine rings is 1. The van der Waals surface area contributed by atoms with Gasteiger partial charge in [0, 0.05) is 13.1 Å². The van der Waals surface area contributed by atoms with Gasteiger partial charge >= 0.3 is 0 Å². The minimum absolute atomic E-state index is 0.0811. The van der Waals surface area contributed by atoms with E-state index in [0.717, 1.165) is 25.9 Å². The topological polar surface area (TPSA) is 46.1 Å². The largest absolute Gasteiger partial charge is 0.339 e. The Bertz CT molecular complexity index is 534. The highest BCUT2D eigenvalue weighted by atomic mass is 35.5. The van der Waals surface area contributed by atoms with E-state index in [2.05, 4.69) is 10.2 Å². The first kappa shape index (κ1) is 15.0. The molecule has 1 aliphatic heterocycles. The van der Waals surface area contributed by atoms with Crippen LogP contribution in [0, 0.1) is 5.41 Å². The lowest BCUT2D eigenvalue weighted by atomic mass is 9.68. The maximum Gasteiger partial charge on any atom is 0.257 e. The monoisotopic (exact) mass is 327 g/mol. The fourth-order valence-corrected chi connectivity index (χ4v) is 3.98. The lowest BCUT2D eigenvalue weighted by molar-refractivity contribution is 0.0471. The maximum absolute atomic E-state index is 12.6. The van der Waals surface area contributed by atoms with Crippen molar-refractivity contribution < 1.29 is 4.79 Å². The van der Waals surface area contributed by atoms with Crippen LogP contribution in [0.4, 0.5) is 0 Å². The predicted octanol–water partition coefficient (Wildman–Crippen LogP) is 3.97. The summed E-state index contributed by atoms with van der Waals surface area (Å²) in [5.74, 6) is -0.0811. The van der Waals surface area contributed by atoms with Gasteiger partial charge in [-0.25, -0.2) is 0 Å². The number of hydrogen-bond acceptors (Lipinski definition) is 3. The second kappa shape index (κ2) is 6.09. The molecule has 114 valence electrons. The molecule has 1 aliphatic carbocycles. The third-order valence-electron chi connectivity index (χ3n) is 4.97. The molecular formula is C15H19Cl2N3O. The van der Waals surface area contributed by atoms with Crippen molar-refractivity contribution >= 4 is 29.1 Å². The quantitative estimate of drug-likeness (QED) is 0.784. The van der Waals surface area contributed by atoms with Crippen LogP contribution in [0.1, 0.15) is 55.3 Å². The molecular weight excluding hydrogens is 309 g/mol. The van der Waals surface area contributed by atoms with Crippen LogP contribution >= 0.6 is 23.2 Å². The van der Waals surface area contributed by atoms with Crippen molar-refractivity contribution in [3.63, 3.8) is 0 Å². The van der Waals surface area contributed by atoms with Crippen molar-refractivity contribution in [3.05, 3.63) is 21.9 Å². The normalized spacial score (nSPS) is 21.5. The van der Waals surface area contributed by atoms with Crippen molar-refractivity contribution in [2.24, 2.45) is 5.41 Å². The van der Waals surface area contributed by atoms with Crippen molar-refractivity contribution in [2.45, 2.75) is 44.9 Å². The molecule has 6 heteroatoms. The molecule has 0 aromatic carbocycles. The molecule has 1 aromatic rings. The van der Waals surface area contributed by atoms with Crippen LogP contribution in [0.3, 0.4) is 0 Å². The molecule has 2 fully saturated rings. The highest BCUT2D eigenvalue weighted by molar-refractivity contribution is 6.34. The molecule has 1 aromatic heterocycles. The van der Waals surface area contributed by atoms with E-state index in [4.69, 9.17) is 23.2 Å². The van der Waals surface area contributed by atoms with Crippen molar-refractivity contribution in [2.75, 3.05) is 13.1 Å². The van der Waals surface area contributed by atoms with Crippen LogP contribution in [-0.4, -0.2) is 34.1 Å². The van der Waals surface area contributed by atoms with E-state index in [0.29, 0.717) is 11.0 Å². The molecule has 2 heterocycles. The smallest absolute Gasteiger partial charge is 0.257 e. The molecule has 1 spiro atoms. The van der Waals surface area contributed by atoms with Crippen LogP contribution in [-0.2, 0) is 0 Å². The fourth-order valence-electron chi connectivity index (χ4n) is 3.66. The van der Waals surface area contributed by atoms with Crippen LogP contribution in [0.15, 0.2) is 6.07 Å². The minimum Gasteiger partial charge on any atom is -0.339 e. The molecule has 4 nitrogen and oxygen atoms in total. The van der Waals surface area contributed by atoms with Crippen LogP contribution < -0.4 is 0 Å². The molecule has 1 amide bonds. The summed E-state index contributed by atoms with van der Waals surface area (Å²) in [6, 6.07) is 1.50. The van der Waals surface area contributed by atoms with E-state index >= 15 is 0 Å². The Balaban J connectivity index is 1.69. The Kier molecular flexibility index (Phi) is 4.36. The third-order valence-corrected chi connectivity index (χ3v) is 5.44. The average molecular weight is 328 g/mol. The highest BCUT2D eigenvalue weighted by Gasteiger charge is 2.37. The van der Waals surface area contributed by atoms with Gasteiger partial charge in [-0.1, -0.05) is 42.5 Å². The van der Waals surface area contributed by atoms with E-state index in [-0.39, 0.29) is 16.2 Å². The standard InChI is InChI=1S/C15H19Cl2N3O/c16-12-10-11(13(17)19-18-12)14(21)20-8-6-15(7-9-20)4-2-1-3-5-15/h10H,1-9H2. The van der Waals surface area contributed by atoms with Gasteiger partial charge in [0.15, 0.2) is 10.3 Å². The minimum atomic E-state index is -0.0811. The summed E-state index contributed by atoms with van der Waals surface area (Å²) >= 11 is 11.8. The molecule has 3 rings (SSSR count). The summed E-state index contributed by atoms with van der Waals surface area (Å²) in [6.45, 7) is 1.60. The third kappa shape index (κ3) is 3.16. The number of carbonyl (C=O) groups excluding carboxylic acids is 1. The summed E-state index contributed by atoms with van der Waals surface area (Å²) in [5, 5.41) is 7.69. The van der Waals surface area contributed by atoms with Crippen molar-refractivity contribution in [1.29, 1.82) is 0 Å². The number of hydrogen-bond donors (Lipinski definition) is 0. The van der Waals surface area contributed by atoms with Crippen LogP contribution in [0.2, 0.25) is 10.3 Å². The Labute approximate surface area is 134 Å². The molecule has 1 saturated heterocycles. The first-order valence-electron chi connectivity index (χ1n) is 7.58. The van der Waals surface area contributed by atoms with Gasteiger partial charge < -0.3 is 4.90 Å². The fraction of sp³-hybridized carbons (Fsp3) is 0.667. The lowest BCUT2D eigenvalue weighted by Crippen LogP contribution is -2.44. The number of aromatic nitrogens is 2. The Morgan fingerprint density at radius 1 is 1.05 bits per heavy atom. The zero-order valence-corrected chi connectivity index (χ0v) is 13.5. The van der Waals surface area contributed by atoms with Gasteiger partial charge in [0.1, 0.15) is 0 Å². The molecule has 0 N–H and O–H groups in total. The van der Waals surface area contributed by atoms with Gasteiger partial charge in [0.05, 0.1) is 5.56 Å². The Hall–Kier alpha value is -0.870. The zero-order chi connectivity index (χ0) is 14.9. The van der Waals surface area contributed by atoms with E-state index in [1.165, 1.54) is 38.2 Å². The first-order chi connectivity index (χ1) is 10.1. The molecule has 0 radical (unpaired) electrons. The number of rotatable bonds is 1. The zero-order valence-electron chi connectivity index (χ0n) is 11.9. The Morgan fingerprint density at radius 3 is 2.38 bits per heavy atom. The first-order valence-corrected chi connectivity index (χ1v) is 8.33. The summed E-state index contributed by atoms with van der Waals surface area (Å²) in [6.07, 6.45) is 8.87. The summed E-state index contributed by atoms with van der Waals surface area (Å²) < 4.78 is 0. The van der Waals surface area contributed by atoms with Crippen LogP contribution in [0.5, 0.6) is 0 Å². The van der Waals surface area contributed by atoms with Gasteiger partial charge in [-0.2, -0.15) is 0 Å². The van der Waals surface area contributed by atoms with E-state index < -0.39 is 0 Å². The van der Waals surface area contributed by atoms with E-state index in [1.807, 2.05) is 4.90 Å². The summed E-state index contributed by atoms with van der Waals surface area (Å²) in [4.78, 5) is 14.4. The predicted molar refractivity (Wildman–Crippen MR) is 82.7 cm³/mol. The van der Waals surface area contributed by atoms with Crippen molar-refractivity contribution in [1.82, 2.24) is 15.1 Å². The molecule has 0 unspecified atom stereocenters. The second-order valence-electron chi connectivity index (χ2n) is 6.22. The van der Waals surface area contributed by atoms with Gasteiger partial charge in [-0.3, -0.25) is 4.79 Å². The Morgan fingerprint density at radius 2 is 1.71 bits per heavy atom. The highest BCUT2D eigenvalue weighted by Crippen LogP contribution is 2.44. The van der Waals surface area contributed by atoms with Crippen LogP contribution in [0.25, 0.3) is 0 Å². The molecule has 21 heavy (non-hydrogen) atoms. The average Bonchev–Trinajstić information content (AvgIpc) is 2.51. The molecule has 0 atom stereocenters. The molecule has 2 aliphatic rings. The van der Waals surface area contributed by atoms with Gasteiger partial charge in [-0.05, 0) is 37.2 Å². The lowest BCUT2D eigenvalue weighted by Gasteiger charge is -2.44. The number of likely N-dealkylation sites (tertiary alicyclic amines) is 1. The van der Waals surface area contributed by atoms with E-state index in [1.54, 1.807) is 0 Å². The SMILES string of the molecule is O=C(c1cc(Cl)nnc1Cl)N1CCC2(CCCCC2)CC1. The van der Waals surface area contributed by atoms with Gasteiger partial charge in [0.25, 0.3) is 5.91 Å². The molecule has 0 bridgehead atoms. The number of nitrogens with zero attached hydrogens (tertiary/aromatic N) is 3. The van der Waals surface area contributed by atoms with E-state index in [9.17, 15) is 4.79 Å². The second-order valence-corrected chi connectivity index (χ2v) is 6.97. The maximum atomic E-state index is 12.6. The molecule has 1 saturated carbocycles. The van der Waals surface area contributed by atoms with Gasteiger partial charge in [-0.15, -0.1) is 10.2 Å².